The van der Waals surface area contributed by atoms with E-state index in [0.717, 1.165) is 28.0 Å². The fraction of sp³-hybridized carbons (Fsp3) is 0.0714. The van der Waals surface area contributed by atoms with Crippen molar-refractivity contribution in [3.8, 4) is 5.69 Å². The van der Waals surface area contributed by atoms with Gasteiger partial charge in [0.15, 0.2) is 0 Å². The number of para-hydroxylation sites is 2. The number of H-pyrrole nitrogens is 1. The number of aromatic amines is 1. The average Bonchev–Trinajstić information content (AvgIpc) is 2.69. The molecule has 3 aromatic rings. The van der Waals surface area contributed by atoms with Crippen LogP contribution >= 0.6 is 0 Å². The number of anilines is 1. The van der Waals surface area contributed by atoms with E-state index in [1.165, 1.54) is 0 Å². The van der Waals surface area contributed by atoms with Crippen molar-refractivity contribution in [2.24, 2.45) is 0 Å². The van der Waals surface area contributed by atoms with Gasteiger partial charge in [-0.15, -0.1) is 0 Å². The molecule has 3 rings (SSSR count). The normalized spacial score (nSPS) is 10.9. The predicted molar refractivity (Wildman–Crippen MR) is 73.0 cm³/mol. The predicted octanol–water partition coefficient (Wildman–Crippen LogP) is 2.21. The van der Waals surface area contributed by atoms with Gasteiger partial charge in [0.25, 0.3) is 0 Å². The van der Waals surface area contributed by atoms with Crippen molar-refractivity contribution in [1.29, 1.82) is 0 Å². The number of nitrogens with two attached hydrogens (primary N) is 1. The number of hydrogen-bond donors (Lipinski definition) is 2. The maximum atomic E-state index is 12.0. The van der Waals surface area contributed by atoms with Crippen LogP contribution in [0.4, 0.5) is 5.69 Å². The molecule has 0 fully saturated rings. The molecular formula is C14H13N3O. The monoisotopic (exact) mass is 239 g/mol. The van der Waals surface area contributed by atoms with Crippen LogP contribution in [0, 0.1) is 6.92 Å². The molecule has 4 heteroatoms. The SMILES string of the molecule is Cc1cc(-n2c(=O)[nH]c3ccccc32)ccc1N. The lowest BCUT2D eigenvalue weighted by Crippen LogP contribution is -2.14. The summed E-state index contributed by atoms with van der Waals surface area (Å²) in [6.45, 7) is 1.93. The van der Waals surface area contributed by atoms with E-state index >= 15 is 0 Å². The molecule has 0 saturated heterocycles. The van der Waals surface area contributed by atoms with Crippen LogP contribution in [-0.4, -0.2) is 9.55 Å². The van der Waals surface area contributed by atoms with Gasteiger partial charge in [-0.1, -0.05) is 12.1 Å². The molecule has 0 atom stereocenters. The summed E-state index contributed by atoms with van der Waals surface area (Å²) in [5.74, 6) is 0. The highest BCUT2D eigenvalue weighted by molar-refractivity contribution is 5.77. The molecule has 0 saturated carbocycles. The Hall–Kier alpha value is -2.49. The number of nitrogen functional groups attached to an aromatic ring is 1. The lowest BCUT2D eigenvalue weighted by atomic mass is 10.2. The van der Waals surface area contributed by atoms with E-state index in [2.05, 4.69) is 4.98 Å². The van der Waals surface area contributed by atoms with Crippen molar-refractivity contribution in [2.75, 3.05) is 5.73 Å². The van der Waals surface area contributed by atoms with Crippen molar-refractivity contribution in [1.82, 2.24) is 9.55 Å². The van der Waals surface area contributed by atoms with Gasteiger partial charge >= 0.3 is 5.69 Å². The van der Waals surface area contributed by atoms with Gasteiger partial charge in [0.05, 0.1) is 16.7 Å². The summed E-state index contributed by atoms with van der Waals surface area (Å²) < 4.78 is 1.65. The molecule has 0 aliphatic rings. The number of imidazole rings is 1. The Bertz CT molecular complexity index is 783. The number of nitrogens with zero attached hydrogens (tertiary/aromatic N) is 1. The first-order valence-electron chi connectivity index (χ1n) is 5.73. The molecule has 0 bridgehead atoms. The van der Waals surface area contributed by atoms with Gasteiger partial charge in [-0.3, -0.25) is 4.57 Å². The van der Waals surface area contributed by atoms with Gasteiger partial charge in [-0.05, 0) is 42.8 Å². The summed E-state index contributed by atoms with van der Waals surface area (Å²) in [4.78, 5) is 14.8. The first-order valence-corrected chi connectivity index (χ1v) is 5.73. The summed E-state index contributed by atoms with van der Waals surface area (Å²) in [6.07, 6.45) is 0. The number of benzene rings is 2. The molecule has 18 heavy (non-hydrogen) atoms. The van der Waals surface area contributed by atoms with Crippen molar-refractivity contribution in [3.63, 3.8) is 0 Å². The molecule has 0 spiro atoms. The first-order chi connectivity index (χ1) is 8.66. The van der Waals surface area contributed by atoms with E-state index in [4.69, 9.17) is 5.73 Å². The van der Waals surface area contributed by atoms with Crippen LogP contribution in [0.2, 0.25) is 0 Å². The zero-order chi connectivity index (χ0) is 12.7. The molecule has 2 aromatic carbocycles. The van der Waals surface area contributed by atoms with Crippen LogP contribution in [0.15, 0.2) is 47.3 Å². The Morgan fingerprint density at radius 3 is 2.72 bits per heavy atom. The zero-order valence-corrected chi connectivity index (χ0v) is 9.97. The topological polar surface area (TPSA) is 63.8 Å². The van der Waals surface area contributed by atoms with Gasteiger partial charge in [0, 0.05) is 5.69 Å². The van der Waals surface area contributed by atoms with E-state index in [1.54, 1.807) is 4.57 Å². The number of fused-ring (bicyclic) bond motifs is 1. The highest BCUT2D eigenvalue weighted by Gasteiger charge is 2.08. The highest BCUT2D eigenvalue weighted by Crippen LogP contribution is 2.19. The molecule has 0 amide bonds. The minimum atomic E-state index is -0.139. The van der Waals surface area contributed by atoms with Crippen LogP contribution < -0.4 is 11.4 Å². The summed E-state index contributed by atoms with van der Waals surface area (Å²) >= 11 is 0. The van der Waals surface area contributed by atoms with Gasteiger partial charge in [-0.25, -0.2) is 4.79 Å². The van der Waals surface area contributed by atoms with Crippen LogP contribution in [0.25, 0.3) is 16.7 Å². The number of rotatable bonds is 1. The molecule has 0 aliphatic heterocycles. The minimum Gasteiger partial charge on any atom is -0.399 e. The third kappa shape index (κ3) is 1.50. The van der Waals surface area contributed by atoms with E-state index in [0.29, 0.717) is 0 Å². The molecule has 0 radical (unpaired) electrons. The lowest BCUT2D eigenvalue weighted by Gasteiger charge is -2.06. The van der Waals surface area contributed by atoms with Crippen LogP contribution in [-0.2, 0) is 0 Å². The minimum absolute atomic E-state index is 0.139. The van der Waals surface area contributed by atoms with Crippen molar-refractivity contribution in [2.45, 2.75) is 6.92 Å². The van der Waals surface area contributed by atoms with Crippen molar-refractivity contribution in [3.05, 3.63) is 58.5 Å². The lowest BCUT2D eigenvalue weighted by molar-refractivity contribution is 1.01. The Balaban J connectivity index is 2.34. The smallest absolute Gasteiger partial charge is 0.331 e. The molecule has 1 aromatic heterocycles. The maximum absolute atomic E-state index is 12.0. The average molecular weight is 239 g/mol. The number of aryl methyl sites for hydroxylation is 1. The highest BCUT2D eigenvalue weighted by atomic mass is 16.1. The van der Waals surface area contributed by atoms with Crippen molar-refractivity contribution < 1.29 is 0 Å². The summed E-state index contributed by atoms with van der Waals surface area (Å²) in [6, 6.07) is 13.2. The third-order valence-corrected chi connectivity index (χ3v) is 3.10. The van der Waals surface area contributed by atoms with E-state index < -0.39 is 0 Å². The van der Waals surface area contributed by atoms with Gasteiger partial charge < -0.3 is 10.7 Å². The summed E-state index contributed by atoms with van der Waals surface area (Å²) in [5.41, 5.74) is 9.87. The fourth-order valence-electron chi connectivity index (χ4n) is 2.11. The van der Waals surface area contributed by atoms with Crippen LogP contribution in [0.1, 0.15) is 5.56 Å². The summed E-state index contributed by atoms with van der Waals surface area (Å²) in [7, 11) is 0. The second kappa shape index (κ2) is 3.77. The standard InChI is InChI=1S/C14H13N3O/c1-9-8-10(6-7-11(9)15)17-13-5-3-2-4-12(13)16-14(17)18/h2-8H,15H2,1H3,(H,16,18). The maximum Gasteiger partial charge on any atom is 0.331 e. The largest absolute Gasteiger partial charge is 0.399 e. The quantitative estimate of drug-likeness (QED) is 0.639. The Labute approximate surface area is 104 Å². The van der Waals surface area contributed by atoms with Gasteiger partial charge in [0.2, 0.25) is 0 Å². The number of hydrogen-bond acceptors (Lipinski definition) is 2. The first kappa shape index (κ1) is 10.7. The Morgan fingerprint density at radius 2 is 1.94 bits per heavy atom. The van der Waals surface area contributed by atoms with E-state index in [9.17, 15) is 4.79 Å². The second-order valence-corrected chi connectivity index (χ2v) is 4.32. The number of nitrogens with one attached hydrogen (secondary N) is 1. The molecule has 3 N–H and O–H groups in total. The fourth-order valence-corrected chi connectivity index (χ4v) is 2.11. The van der Waals surface area contributed by atoms with Gasteiger partial charge in [-0.2, -0.15) is 0 Å². The number of aromatic nitrogens is 2. The zero-order valence-electron chi connectivity index (χ0n) is 9.97. The van der Waals surface area contributed by atoms with Crippen LogP contribution in [0.5, 0.6) is 0 Å². The second-order valence-electron chi connectivity index (χ2n) is 4.32. The Morgan fingerprint density at radius 1 is 1.17 bits per heavy atom. The Kier molecular flexibility index (Phi) is 2.23. The molecule has 1 heterocycles. The van der Waals surface area contributed by atoms with E-state index in [1.807, 2.05) is 49.4 Å². The van der Waals surface area contributed by atoms with Gasteiger partial charge in [0.1, 0.15) is 0 Å². The molecule has 0 unspecified atom stereocenters. The molecular weight excluding hydrogens is 226 g/mol. The van der Waals surface area contributed by atoms with E-state index in [-0.39, 0.29) is 5.69 Å². The summed E-state index contributed by atoms with van der Waals surface area (Å²) in [5, 5.41) is 0. The van der Waals surface area contributed by atoms with Crippen molar-refractivity contribution >= 4 is 16.7 Å². The molecule has 4 nitrogen and oxygen atoms in total. The third-order valence-electron chi connectivity index (χ3n) is 3.10. The van der Waals surface area contributed by atoms with Crippen LogP contribution in [0.3, 0.4) is 0 Å². The molecule has 0 aliphatic carbocycles. The molecule has 90 valence electrons.